The SMILES string of the molecule is Cc1cc(C)n(C(C)C(=O)Nc2ccc(NC(=O)c3ccc(-n4ccnc4)nc3)cc2Cl)n1. The van der Waals surface area contributed by atoms with Crippen molar-refractivity contribution in [3.63, 3.8) is 0 Å². The lowest BCUT2D eigenvalue weighted by atomic mass is 10.2. The highest BCUT2D eigenvalue weighted by Gasteiger charge is 2.19. The summed E-state index contributed by atoms with van der Waals surface area (Å²) in [6, 6.07) is 9.70. The smallest absolute Gasteiger partial charge is 0.257 e. The molecule has 0 saturated heterocycles. The largest absolute Gasteiger partial charge is 0.323 e. The molecule has 0 saturated carbocycles. The predicted molar refractivity (Wildman–Crippen MR) is 126 cm³/mol. The molecule has 0 aliphatic rings. The standard InChI is InChI=1S/C23H22ClN7O2/c1-14-10-15(2)31(29-14)16(3)22(32)28-20-6-5-18(11-19(20)24)27-23(33)17-4-7-21(26-12-17)30-9-8-25-13-30/h4-13,16H,1-3H3,(H,27,33)(H,28,32). The Labute approximate surface area is 195 Å². The van der Waals surface area contributed by atoms with E-state index in [1.165, 1.54) is 6.20 Å². The molecule has 4 rings (SSSR count). The number of aromatic nitrogens is 5. The zero-order valence-electron chi connectivity index (χ0n) is 18.3. The van der Waals surface area contributed by atoms with Crippen LogP contribution in [0.3, 0.4) is 0 Å². The molecule has 0 spiro atoms. The Kier molecular flexibility index (Phi) is 6.23. The van der Waals surface area contributed by atoms with Crippen LogP contribution in [0.15, 0.2) is 61.3 Å². The van der Waals surface area contributed by atoms with Crippen molar-refractivity contribution in [2.75, 3.05) is 10.6 Å². The molecule has 3 heterocycles. The average molecular weight is 464 g/mol. The second-order valence-electron chi connectivity index (χ2n) is 7.56. The number of carbonyl (C=O) groups is 2. The summed E-state index contributed by atoms with van der Waals surface area (Å²) in [7, 11) is 0. The van der Waals surface area contributed by atoms with Crippen molar-refractivity contribution in [3.05, 3.63) is 83.3 Å². The first-order valence-corrected chi connectivity index (χ1v) is 10.6. The predicted octanol–water partition coefficient (Wildman–Crippen LogP) is 4.19. The van der Waals surface area contributed by atoms with Crippen molar-refractivity contribution >= 4 is 34.8 Å². The molecular weight excluding hydrogens is 442 g/mol. The van der Waals surface area contributed by atoms with Crippen LogP contribution < -0.4 is 10.6 Å². The third-order valence-corrected chi connectivity index (χ3v) is 5.37. The van der Waals surface area contributed by atoms with Crippen LogP contribution in [0.4, 0.5) is 11.4 Å². The fourth-order valence-corrected chi connectivity index (χ4v) is 3.58. The number of hydrogen-bond donors (Lipinski definition) is 2. The van der Waals surface area contributed by atoms with Gasteiger partial charge in [-0.1, -0.05) is 11.6 Å². The lowest BCUT2D eigenvalue weighted by molar-refractivity contribution is -0.119. The summed E-state index contributed by atoms with van der Waals surface area (Å²) in [4.78, 5) is 33.5. The number of aryl methyl sites for hydroxylation is 2. The first kappa shape index (κ1) is 22.2. The number of imidazole rings is 1. The maximum atomic E-state index is 12.7. The van der Waals surface area contributed by atoms with E-state index < -0.39 is 6.04 Å². The Hall–Kier alpha value is -3.98. The molecule has 2 amide bonds. The fourth-order valence-electron chi connectivity index (χ4n) is 3.35. The molecule has 10 heteroatoms. The summed E-state index contributed by atoms with van der Waals surface area (Å²) in [5.41, 5.74) is 3.07. The molecular formula is C23H22ClN7O2. The molecule has 0 fully saturated rings. The molecule has 0 radical (unpaired) electrons. The van der Waals surface area contributed by atoms with Gasteiger partial charge in [-0.05, 0) is 57.2 Å². The lowest BCUT2D eigenvalue weighted by Crippen LogP contribution is -2.25. The summed E-state index contributed by atoms with van der Waals surface area (Å²) >= 11 is 6.36. The highest BCUT2D eigenvalue weighted by molar-refractivity contribution is 6.34. The first-order chi connectivity index (χ1) is 15.8. The first-order valence-electron chi connectivity index (χ1n) is 10.2. The van der Waals surface area contributed by atoms with Gasteiger partial charge in [0.15, 0.2) is 0 Å². The number of amides is 2. The van der Waals surface area contributed by atoms with E-state index in [1.54, 1.807) is 65.2 Å². The van der Waals surface area contributed by atoms with E-state index in [9.17, 15) is 9.59 Å². The van der Waals surface area contributed by atoms with Crippen LogP contribution in [-0.2, 0) is 4.79 Å². The summed E-state index contributed by atoms with van der Waals surface area (Å²) in [6.45, 7) is 5.54. The highest BCUT2D eigenvalue weighted by Crippen LogP contribution is 2.27. The number of rotatable bonds is 6. The Morgan fingerprint density at radius 1 is 1.09 bits per heavy atom. The molecule has 2 N–H and O–H groups in total. The molecule has 1 aromatic carbocycles. The average Bonchev–Trinajstić information content (AvgIpc) is 3.44. The summed E-state index contributed by atoms with van der Waals surface area (Å²) in [5.74, 6) is 0.0801. The topological polar surface area (TPSA) is 107 Å². The number of nitrogens with one attached hydrogen (secondary N) is 2. The van der Waals surface area contributed by atoms with E-state index in [-0.39, 0.29) is 11.8 Å². The van der Waals surface area contributed by atoms with E-state index >= 15 is 0 Å². The minimum Gasteiger partial charge on any atom is -0.323 e. The van der Waals surface area contributed by atoms with Gasteiger partial charge >= 0.3 is 0 Å². The van der Waals surface area contributed by atoms with Gasteiger partial charge in [-0.3, -0.25) is 18.8 Å². The maximum absolute atomic E-state index is 12.7. The minimum atomic E-state index is -0.507. The number of anilines is 2. The Morgan fingerprint density at radius 2 is 1.91 bits per heavy atom. The van der Waals surface area contributed by atoms with Gasteiger partial charge < -0.3 is 10.6 Å². The van der Waals surface area contributed by atoms with E-state index in [2.05, 4.69) is 25.7 Å². The van der Waals surface area contributed by atoms with Crippen molar-refractivity contribution < 1.29 is 9.59 Å². The molecule has 4 aromatic rings. The van der Waals surface area contributed by atoms with E-state index in [0.717, 1.165) is 11.4 Å². The van der Waals surface area contributed by atoms with Gasteiger partial charge in [0.1, 0.15) is 18.2 Å². The van der Waals surface area contributed by atoms with Crippen LogP contribution >= 0.6 is 11.6 Å². The van der Waals surface area contributed by atoms with Gasteiger partial charge in [0.2, 0.25) is 5.91 Å². The third kappa shape index (κ3) is 4.93. The number of halogens is 1. The number of hydrogen-bond acceptors (Lipinski definition) is 5. The van der Waals surface area contributed by atoms with Crippen molar-refractivity contribution in [1.29, 1.82) is 0 Å². The van der Waals surface area contributed by atoms with Gasteiger partial charge in [0, 0.05) is 30.0 Å². The lowest BCUT2D eigenvalue weighted by Gasteiger charge is -2.16. The van der Waals surface area contributed by atoms with Gasteiger partial charge in [0.05, 0.1) is 22.0 Å². The van der Waals surface area contributed by atoms with E-state index in [1.807, 2.05) is 19.9 Å². The minimum absolute atomic E-state index is 0.246. The maximum Gasteiger partial charge on any atom is 0.257 e. The summed E-state index contributed by atoms with van der Waals surface area (Å²) < 4.78 is 3.41. The Bertz CT molecular complexity index is 1300. The second-order valence-corrected chi connectivity index (χ2v) is 7.97. The molecule has 1 atom stereocenters. The third-order valence-electron chi connectivity index (χ3n) is 5.05. The van der Waals surface area contributed by atoms with Crippen LogP contribution in [-0.4, -0.2) is 36.1 Å². The summed E-state index contributed by atoms with van der Waals surface area (Å²) in [6.07, 6.45) is 6.53. The summed E-state index contributed by atoms with van der Waals surface area (Å²) in [5, 5.41) is 10.3. The molecule has 0 aliphatic carbocycles. The molecule has 0 aliphatic heterocycles. The van der Waals surface area contributed by atoms with Crippen LogP contribution in [0.25, 0.3) is 5.82 Å². The van der Waals surface area contributed by atoms with Gasteiger partial charge in [-0.25, -0.2) is 9.97 Å². The number of nitrogens with zero attached hydrogens (tertiary/aromatic N) is 5. The van der Waals surface area contributed by atoms with Crippen molar-refractivity contribution in [1.82, 2.24) is 24.3 Å². The zero-order valence-corrected chi connectivity index (χ0v) is 19.0. The van der Waals surface area contributed by atoms with Crippen LogP contribution in [0, 0.1) is 13.8 Å². The van der Waals surface area contributed by atoms with E-state index in [0.29, 0.717) is 27.8 Å². The van der Waals surface area contributed by atoms with E-state index in [4.69, 9.17) is 11.6 Å². The van der Waals surface area contributed by atoms with Crippen LogP contribution in [0.5, 0.6) is 0 Å². The Balaban J connectivity index is 1.41. The molecule has 1 unspecified atom stereocenters. The second kappa shape index (κ2) is 9.25. The molecule has 3 aromatic heterocycles. The highest BCUT2D eigenvalue weighted by atomic mass is 35.5. The quantitative estimate of drug-likeness (QED) is 0.446. The molecule has 168 valence electrons. The molecule has 0 bridgehead atoms. The fraction of sp³-hybridized carbons (Fsp3) is 0.174. The van der Waals surface area contributed by atoms with Gasteiger partial charge in [0.25, 0.3) is 5.91 Å². The molecule has 9 nitrogen and oxygen atoms in total. The van der Waals surface area contributed by atoms with Gasteiger partial charge in [-0.15, -0.1) is 0 Å². The van der Waals surface area contributed by atoms with Crippen molar-refractivity contribution in [2.45, 2.75) is 26.8 Å². The van der Waals surface area contributed by atoms with Gasteiger partial charge in [-0.2, -0.15) is 5.10 Å². The zero-order chi connectivity index (χ0) is 23.5. The normalized spacial score (nSPS) is 11.8. The number of pyridine rings is 1. The van der Waals surface area contributed by atoms with Crippen molar-refractivity contribution in [2.24, 2.45) is 0 Å². The molecule has 33 heavy (non-hydrogen) atoms. The monoisotopic (exact) mass is 463 g/mol. The number of benzene rings is 1. The Morgan fingerprint density at radius 3 is 2.52 bits per heavy atom. The van der Waals surface area contributed by atoms with Crippen LogP contribution in [0.1, 0.15) is 34.7 Å². The van der Waals surface area contributed by atoms with Crippen molar-refractivity contribution in [3.8, 4) is 5.82 Å². The van der Waals surface area contributed by atoms with Crippen LogP contribution in [0.2, 0.25) is 5.02 Å². The number of carbonyl (C=O) groups excluding carboxylic acids is 2.